The molecular weight excluding hydrogens is 466 g/mol. The fourth-order valence-electron chi connectivity index (χ4n) is 3.99. The molecule has 1 atom stereocenters. The van der Waals surface area contributed by atoms with E-state index in [1.165, 1.54) is 14.2 Å². The fraction of sp³-hybridized carbons (Fsp3) is 0.409. The van der Waals surface area contributed by atoms with Crippen LogP contribution in [0.25, 0.3) is 0 Å². The number of nitrogens with two attached hydrogens (primary N) is 1. The van der Waals surface area contributed by atoms with Crippen molar-refractivity contribution in [3.8, 4) is 17.6 Å². The first kappa shape index (κ1) is 22.7. The highest BCUT2D eigenvalue weighted by Gasteiger charge is 2.42. The number of esters is 1. The van der Waals surface area contributed by atoms with Crippen LogP contribution in [0.1, 0.15) is 38.2 Å². The normalized spacial score (nSPS) is 19.9. The van der Waals surface area contributed by atoms with Crippen LogP contribution in [-0.2, 0) is 14.3 Å². The van der Waals surface area contributed by atoms with Crippen molar-refractivity contribution in [3.05, 3.63) is 44.8 Å². The van der Waals surface area contributed by atoms with E-state index >= 15 is 0 Å². The van der Waals surface area contributed by atoms with E-state index in [4.69, 9.17) is 15.2 Å². The predicted molar refractivity (Wildman–Crippen MR) is 116 cm³/mol. The number of Topliss-reactive ketones (excluding diaryl/α,β-unsaturated/α-hetero) is 1. The number of nitrogens with zero attached hydrogens (tertiary/aromatic N) is 1. The summed E-state index contributed by atoms with van der Waals surface area (Å²) in [7, 11) is 2.74. The Bertz CT molecular complexity index is 1050. The number of carbonyl (C=O) groups is 2. The Balaban J connectivity index is 2.13. The maximum atomic E-state index is 13.1. The van der Waals surface area contributed by atoms with Crippen molar-refractivity contribution < 1.29 is 23.8 Å². The molecule has 2 aliphatic rings. The number of carbonyl (C=O) groups excluding carboxylic acids is 2. The van der Waals surface area contributed by atoms with E-state index in [0.717, 1.165) is 5.70 Å². The molecule has 0 bridgehead atoms. The Kier molecular flexibility index (Phi) is 6.32. The van der Waals surface area contributed by atoms with E-state index in [2.05, 4.69) is 32.1 Å². The molecule has 0 saturated heterocycles. The van der Waals surface area contributed by atoms with Crippen LogP contribution in [0.15, 0.2) is 39.3 Å². The van der Waals surface area contributed by atoms with E-state index in [1.807, 2.05) is 13.8 Å². The second kappa shape index (κ2) is 8.63. The van der Waals surface area contributed by atoms with Crippen molar-refractivity contribution in [2.45, 2.75) is 32.6 Å². The zero-order valence-corrected chi connectivity index (χ0v) is 19.4. The number of halogens is 1. The van der Waals surface area contributed by atoms with Gasteiger partial charge in [0.2, 0.25) is 0 Å². The summed E-state index contributed by atoms with van der Waals surface area (Å²) >= 11 is 3.53. The summed E-state index contributed by atoms with van der Waals surface area (Å²) in [4.78, 5) is 24.6. The number of benzene rings is 1. The van der Waals surface area contributed by atoms with E-state index in [1.54, 1.807) is 12.1 Å². The maximum absolute atomic E-state index is 13.1. The molecule has 0 fully saturated rings. The summed E-state index contributed by atoms with van der Waals surface area (Å²) in [6.07, 6.45) is 1.01. The molecule has 1 heterocycles. The zero-order chi connectivity index (χ0) is 22.9. The predicted octanol–water partition coefficient (Wildman–Crippen LogP) is 3.03. The van der Waals surface area contributed by atoms with Gasteiger partial charge in [0, 0.05) is 22.2 Å². The number of hydrogen-bond acceptors (Lipinski definition) is 8. The van der Waals surface area contributed by atoms with Crippen molar-refractivity contribution in [3.63, 3.8) is 0 Å². The molecule has 0 aromatic heterocycles. The van der Waals surface area contributed by atoms with Gasteiger partial charge in [-0.2, -0.15) is 5.26 Å². The zero-order valence-electron chi connectivity index (χ0n) is 17.8. The summed E-state index contributed by atoms with van der Waals surface area (Å²) < 4.78 is 16.1. The molecule has 164 valence electrons. The third-order valence-corrected chi connectivity index (χ3v) is 6.05. The average molecular weight is 490 g/mol. The van der Waals surface area contributed by atoms with Crippen molar-refractivity contribution >= 4 is 27.7 Å². The minimum absolute atomic E-state index is 0.0270. The molecule has 0 spiro atoms. The molecule has 8 nitrogen and oxygen atoms in total. The third kappa shape index (κ3) is 4.39. The Morgan fingerprint density at radius 3 is 2.65 bits per heavy atom. The van der Waals surface area contributed by atoms with E-state index in [0.29, 0.717) is 39.9 Å². The minimum Gasteiger partial charge on any atom is -0.493 e. The summed E-state index contributed by atoms with van der Waals surface area (Å²) in [6.45, 7) is 3.76. The first-order valence-electron chi connectivity index (χ1n) is 9.62. The van der Waals surface area contributed by atoms with Crippen LogP contribution in [0, 0.1) is 16.7 Å². The number of rotatable bonds is 5. The Labute approximate surface area is 189 Å². The number of nitrogens with one attached hydrogen (secondary N) is 1. The van der Waals surface area contributed by atoms with Gasteiger partial charge in [-0.15, -0.1) is 0 Å². The molecule has 0 amide bonds. The molecule has 0 radical (unpaired) electrons. The van der Waals surface area contributed by atoms with Crippen LogP contribution in [0.2, 0.25) is 0 Å². The smallest absolute Gasteiger partial charge is 0.343 e. The number of hydrogen-bond donors (Lipinski definition) is 2. The largest absolute Gasteiger partial charge is 0.493 e. The minimum atomic E-state index is -0.650. The molecule has 3 N–H and O–H groups in total. The van der Waals surface area contributed by atoms with E-state index < -0.39 is 11.9 Å². The van der Waals surface area contributed by atoms with E-state index in [9.17, 15) is 14.9 Å². The molecule has 3 rings (SSSR count). The fourth-order valence-corrected chi connectivity index (χ4v) is 4.54. The van der Waals surface area contributed by atoms with E-state index in [-0.39, 0.29) is 29.2 Å². The lowest BCUT2D eigenvalue weighted by molar-refractivity contribution is -0.142. The molecular formula is C22H24BrN3O5. The molecule has 0 saturated carbocycles. The Hall–Kier alpha value is -2.99. The molecule has 0 unspecified atom stereocenters. The van der Waals surface area contributed by atoms with Crippen molar-refractivity contribution in [1.82, 2.24) is 5.32 Å². The first-order chi connectivity index (χ1) is 14.6. The summed E-state index contributed by atoms with van der Waals surface area (Å²) in [5.74, 6) is -0.314. The van der Waals surface area contributed by atoms with Crippen LogP contribution in [0.5, 0.6) is 11.5 Å². The van der Waals surface area contributed by atoms with Crippen LogP contribution < -0.4 is 20.5 Å². The van der Waals surface area contributed by atoms with Crippen LogP contribution in [0.3, 0.4) is 0 Å². The third-order valence-electron chi connectivity index (χ3n) is 5.36. The lowest BCUT2D eigenvalue weighted by atomic mass is 9.69. The van der Waals surface area contributed by atoms with Crippen molar-refractivity contribution in [1.29, 1.82) is 5.26 Å². The molecule has 1 aliphatic heterocycles. The molecule has 31 heavy (non-hydrogen) atoms. The molecule has 9 heteroatoms. The van der Waals surface area contributed by atoms with Gasteiger partial charge in [-0.1, -0.05) is 29.8 Å². The second-order valence-corrected chi connectivity index (χ2v) is 9.07. The highest BCUT2D eigenvalue weighted by Crippen LogP contribution is 2.48. The van der Waals surface area contributed by atoms with Crippen LogP contribution in [0.4, 0.5) is 0 Å². The lowest BCUT2D eigenvalue weighted by Gasteiger charge is -2.38. The topological polar surface area (TPSA) is 124 Å². The standard InChI is InChI=1S/C22H24BrN3O5/c1-22(2)7-14-20(15(27)8-22)19(12(9-24)21(25)26-14)11-5-16(29-3)17(6-13(11)23)31-10-18(28)30-4/h5-6,19,26H,7-8,10,25H2,1-4H3/t19-/m1/s1. The van der Waals surface area contributed by atoms with Crippen LogP contribution >= 0.6 is 15.9 Å². The van der Waals surface area contributed by atoms with Gasteiger partial charge in [0.05, 0.1) is 31.8 Å². The van der Waals surface area contributed by atoms with Gasteiger partial charge >= 0.3 is 5.97 Å². The van der Waals surface area contributed by atoms with Crippen molar-refractivity contribution in [2.24, 2.45) is 11.1 Å². The van der Waals surface area contributed by atoms with Gasteiger partial charge in [0.15, 0.2) is 23.9 Å². The Morgan fingerprint density at radius 1 is 1.32 bits per heavy atom. The lowest BCUT2D eigenvalue weighted by Crippen LogP contribution is -2.39. The molecule has 1 aromatic carbocycles. The Morgan fingerprint density at radius 2 is 2.03 bits per heavy atom. The van der Waals surface area contributed by atoms with Gasteiger partial charge in [-0.3, -0.25) is 4.79 Å². The maximum Gasteiger partial charge on any atom is 0.343 e. The molecule has 1 aliphatic carbocycles. The van der Waals surface area contributed by atoms with Gasteiger partial charge in [-0.25, -0.2) is 4.79 Å². The summed E-state index contributed by atoms with van der Waals surface area (Å²) in [6, 6.07) is 5.49. The SMILES string of the molecule is COC(=O)COc1cc(Br)c([C@@H]2C(C#N)=C(N)NC3=C2C(=O)CC(C)(C)C3)cc1OC. The quantitative estimate of drug-likeness (QED) is 0.604. The number of methoxy groups -OCH3 is 2. The monoisotopic (exact) mass is 489 g/mol. The molecule has 1 aromatic rings. The van der Waals surface area contributed by atoms with Gasteiger partial charge in [0.1, 0.15) is 5.82 Å². The summed E-state index contributed by atoms with van der Waals surface area (Å²) in [5.41, 5.74) is 8.15. The highest BCUT2D eigenvalue weighted by molar-refractivity contribution is 9.10. The number of ether oxygens (including phenoxy) is 3. The van der Waals surface area contributed by atoms with Gasteiger partial charge in [-0.05, 0) is 29.5 Å². The number of ketones is 1. The van der Waals surface area contributed by atoms with Crippen LogP contribution in [-0.4, -0.2) is 32.6 Å². The first-order valence-corrected chi connectivity index (χ1v) is 10.4. The second-order valence-electron chi connectivity index (χ2n) is 8.22. The number of allylic oxidation sites excluding steroid dienone is 3. The number of dihydropyridines is 1. The van der Waals surface area contributed by atoms with Crippen molar-refractivity contribution in [2.75, 3.05) is 20.8 Å². The van der Waals surface area contributed by atoms with Gasteiger partial charge in [0.25, 0.3) is 0 Å². The highest BCUT2D eigenvalue weighted by atomic mass is 79.9. The van der Waals surface area contributed by atoms with Gasteiger partial charge < -0.3 is 25.3 Å². The average Bonchev–Trinajstić information content (AvgIpc) is 2.70. The number of nitriles is 1. The summed E-state index contributed by atoms with van der Waals surface area (Å²) in [5, 5.41) is 12.9.